The fourth-order valence-electron chi connectivity index (χ4n) is 2.28. The van der Waals surface area contributed by atoms with Crippen molar-refractivity contribution in [2.75, 3.05) is 33.9 Å². The van der Waals surface area contributed by atoms with Crippen LogP contribution < -0.4 is 14.8 Å². The lowest BCUT2D eigenvalue weighted by Gasteiger charge is -2.22. The first-order valence-electron chi connectivity index (χ1n) is 8.42. The monoisotopic (exact) mass is 346 g/mol. The quantitative estimate of drug-likeness (QED) is 0.717. The molecule has 136 valence electrons. The van der Waals surface area contributed by atoms with Crippen molar-refractivity contribution in [2.45, 2.75) is 19.4 Å². The molecule has 0 radical (unpaired) electrons. The van der Waals surface area contributed by atoms with Crippen LogP contribution in [-0.2, 0) is 4.79 Å². The van der Waals surface area contributed by atoms with Gasteiger partial charge in [-0.15, -0.1) is 0 Å². The van der Waals surface area contributed by atoms with Crippen LogP contribution in [-0.4, -0.2) is 44.7 Å². The second-order valence-electron chi connectivity index (χ2n) is 5.91. The zero-order valence-electron chi connectivity index (χ0n) is 15.0. The molecule has 1 unspecified atom stereocenters. The van der Waals surface area contributed by atoms with Crippen molar-refractivity contribution in [3.8, 4) is 11.5 Å². The molecule has 2 rings (SSSR count). The summed E-state index contributed by atoms with van der Waals surface area (Å²) in [5.41, 5.74) is 0. The van der Waals surface area contributed by atoms with E-state index in [4.69, 9.17) is 13.9 Å². The Morgan fingerprint density at radius 1 is 1.16 bits per heavy atom. The number of amides is 1. The van der Waals surface area contributed by atoms with Gasteiger partial charge in [-0.2, -0.15) is 0 Å². The maximum absolute atomic E-state index is 12.0. The van der Waals surface area contributed by atoms with E-state index in [2.05, 4.69) is 12.2 Å². The zero-order chi connectivity index (χ0) is 18.1. The minimum Gasteiger partial charge on any atom is -0.494 e. The summed E-state index contributed by atoms with van der Waals surface area (Å²) >= 11 is 0. The van der Waals surface area contributed by atoms with Crippen LogP contribution in [0.25, 0.3) is 0 Å². The summed E-state index contributed by atoms with van der Waals surface area (Å²) in [6, 6.07) is 11.0. The van der Waals surface area contributed by atoms with Crippen LogP contribution in [0.5, 0.6) is 11.5 Å². The molecule has 0 saturated carbocycles. The lowest BCUT2D eigenvalue weighted by atomic mass is 10.2. The number of carbonyl (C=O) groups is 1. The Hall–Kier alpha value is -2.47. The van der Waals surface area contributed by atoms with E-state index in [0.717, 1.165) is 17.9 Å². The van der Waals surface area contributed by atoms with Gasteiger partial charge in [0.1, 0.15) is 17.3 Å². The van der Waals surface area contributed by atoms with E-state index >= 15 is 0 Å². The molecule has 0 bridgehead atoms. The molecule has 0 spiro atoms. The summed E-state index contributed by atoms with van der Waals surface area (Å²) < 4.78 is 16.4. The lowest BCUT2D eigenvalue weighted by Crippen LogP contribution is -2.36. The van der Waals surface area contributed by atoms with Crippen molar-refractivity contribution in [2.24, 2.45) is 0 Å². The SMILES string of the molecule is CCCOc1ccc(OCC(=O)NCC(c2ccco2)N(C)C)cc1. The van der Waals surface area contributed by atoms with Crippen LogP contribution in [0.2, 0.25) is 0 Å². The average Bonchev–Trinajstić information content (AvgIpc) is 3.13. The van der Waals surface area contributed by atoms with Crippen molar-refractivity contribution in [1.29, 1.82) is 0 Å². The molecule has 1 amide bonds. The third kappa shape index (κ3) is 6.15. The minimum absolute atomic E-state index is 0.0195. The molecule has 0 saturated heterocycles. The topological polar surface area (TPSA) is 63.9 Å². The van der Waals surface area contributed by atoms with Crippen LogP contribution in [0.4, 0.5) is 0 Å². The van der Waals surface area contributed by atoms with E-state index in [9.17, 15) is 4.79 Å². The number of nitrogens with zero attached hydrogens (tertiary/aromatic N) is 1. The molecule has 6 heteroatoms. The fraction of sp³-hybridized carbons (Fsp3) is 0.421. The average molecular weight is 346 g/mol. The number of rotatable bonds is 10. The Morgan fingerprint density at radius 2 is 1.84 bits per heavy atom. The summed E-state index contributed by atoms with van der Waals surface area (Å²) in [5, 5.41) is 2.87. The van der Waals surface area contributed by atoms with Gasteiger partial charge in [-0.25, -0.2) is 0 Å². The van der Waals surface area contributed by atoms with Gasteiger partial charge in [-0.05, 0) is 56.9 Å². The third-order valence-electron chi connectivity index (χ3n) is 3.65. The number of likely N-dealkylation sites (N-methyl/N-ethyl adjacent to an activating group) is 1. The number of hydrogen-bond acceptors (Lipinski definition) is 5. The summed E-state index contributed by atoms with van der Waals surface area (Å²) in [6.45, 7) is 3.16. The van der Waals surface area contributed by atoms with Crippen molar-refractivity contribution in [3.63, 3.8) is 0 Å². The Labute approximate surface area is 148 Å². The van der Waals surface area contributed by atoms with Crippen molar-refractivity contribution in [3.05, 3.63) is 48.4 Å². The number of benzene rings is 1. The third-order valence-corrected chi connectivity index (χ3v) is 3.65. The van der Waals surface area contributed by atoms with Gasteiger partial charge in [0.2, 0.25) is 0 Å². The Bertz CT molecular complexity index is 623. The Kier molecular flexibility index (Phi) is 7.35. The number of nitrogens with one attached hydrogen (secondary N) is 1. The van der Waals surface area contributed by atoms with Crippen molar-refractivity contribution < 1.29 is 18.7 Å². The molecule has 1 aromatic heterocycles. The molecule has 1 aromatic carbocycles. The maximum atomic E-state index is 12.0. The van der Waals surface area contributed by atoms with Crippen molar-refractivity contribution in [1.82, 2.24) is 10.2 Å². The molecule has 0 fully saturated rings. The highest BCUT2D eigenvalue weighted by Gasteiger charge is 2.17. The predicted octanol–water partition coefficient (Wildman–Crippen LogP) is 2.87. The molecule has 0 aliphatic carbocycles. The van der Waals surface area contributed by atoms with Gasteiger partial charge in [0, 0.05) is 6.54 Å². The number of furan rings is 1. The van der Waals surface area contributed by atoms with E-state index in [1.165, 1.54) is 0 Å². The van der Waals surface area contributed by atoms with E-state index in [1.54, 1.807) is 18.4 Å². The lowest BCUT2D eigenvalue weighted by molar-refractivity contribution is -0.123. The molecular weight excluding hydrogens is 320 g/mol. The molecule has 0 aliphatic heterocycles. The van der Waals surface area contributed by atoms with Gasteiger partial charge in [0.25, 0.3) is 5.91 Å². The first-order valence-corrected chi connectivity index (χ1v) is 8.42. The highest BCUT2D eigenvalue weighted by molar-refractivity contribution is 5.77. The Balaban J connectivity index is 1.76. The largest absolute Gasteiger partial charge is 0.494 e. The van der Waals surface area contributed by atoms with Crippen LogP contribution in [0.3, 0.4) is 0 Å². The fourth-order valence-corrected chi connectivity index (χ4v) is 2.28. The molecule has 1 heterocycles. The molecule has 1 atom stereocenters. The summed E-state index contributed by atoms with van der Waals surface area (Å²) in [6.07, 6.45) is 2.59. The van der Waals surface area contributed by atoms with Crippen LogP contribution in [0, 0.1) is 0 Å². The van der Waals surface area contributed by atoms with E-state index in [1.807, 2.05) is 43.3 Å². The van der Waals surface area contributed by atoms with E-state index < -0.39 is 0 Å². The second-order valence-corrected chi connectivity index (χ2v) is 5.91. The smallest absolute Gasteiger partial charge is 0.258 e. The first-order chi connectivity index (χ1) is 12.1. The molecule has 2 aromatic rings. The predicted molar refractivity (Wildman–Crippen MR) is 95.9 cm³/mol. The second kappa shape index (κ2) is 9.74. The summed E-state index contributed by atoms with van der Waals surface area (Å²) in [5.74, 6) is 2.07. The standard InChI is InChI=1S/C19H26N2O4/c1-4-11-23-15-7-9-16(10-8-15)25-14-19(22)20-13-17(21(2)3)18-6-5-12-24-18/h5-10,12,17H,4,11,13-14H2,1-3H3,(H,20,22). The molecule has 25 heavy (non-hydrogen) atoms. The highest BCUT2D eigenvalue weighted by Crippen LogP contribution is 2.18. The maximum Gasteiger partial charge on any atom is 0.258 e. The Morgan fingerprint density at radius 3 is 2.40 bits per heavy atom. The summed E-state index contributed by atoms with van der Waals surface area (Å²) in [7, 11) is 3.88. The van der Waals surface area contributed by atoms with Gasteiger partial charge >= 0.3 is 0 Å². The molecule has 6 nitrogen and oxygen atoms in total. The van der Waals surface area contributed by atoms with Crippen LogP contribution in [0.1, 0.15) is 25.1 Å². The van der Waals surface area contributed by atoms with Gasteiger partial charge in [-0.1, -0.05) is 6.92 Å². The molecule has 1 N–H and O–H groups in total. The minimum atomic E-state index is -0.176. The van der Waals surface area contributed by atoms with Gasteiger partial charge in [-0.3, -0.25) is 9.69 Å². The number of carbonyl (C=O) groups excluding carboxylic acids is 1. The first kappa shape index (κ1) is 18.9. The van der Waals surface area contributed by atoms with Crippen LogP contribution >= 0.6 is 0 Å². The summed E-state index contributed by atoms with van der Waals surface area (Å²) in [4.78, 5) is 14.0. The van der Waals surface area contributed by atoms with E-state index in [-0.39, 0.29) is 18.6 Å². The van der Waals surface area contributed by atoms with Gasteiger partial charge in [0.05, 0.1) is 18.9 Å². The van der Waals surface area contributed by atoms with Gasteiger partial charge < -0.3 is 19.2 Å². The number of ether oxygens (including phenoxy) is 2. The highest BCUT2D eigenvalue weighted by atomic mass is 16.5. The van der Waals surface area contributed by atoms with Crippen molar-refractivity contribution >= 4 is 5.91 Å². The zero-order valence-corrected chi connectivity index (χ0v) is 15.0. The van der Waals surface area contributed by atoms with Crippen LogP contribution in [0.15, 0.2) is 47.1 Å². The van der Waals surface area contributed by atoms with Gasteiger partial charge in [0.15, 0.2) is 6.61 Å². The van der Waals surface area contributed by atoms with E-state index in [0.29, 0.717) is 18.9 Å². The molecular formula is C19H26N2O4. The number of hydrogen-bond donors (Lipinski definition) is 1. The normalized spacial score (nSPS) is 12.0. The molecule has 0 aliphatic rings.